The molecule has 0 fully saturated rings. The Labute approximate surface area is 156 Å². The second-order valence-corrected chi connectivity index (χ2v) is 6.61. The second kappa shape index (κ2) is 12.4. The zero-order valence-electron chi connectivity index (χ0n) is 15.6. The van der Waals surface area contributed by atoms with Crippen molar-refractivity contribution in [1.82, 2.24) is 20.2 Å². The van der Waals surface area contributed by atoms with Gasteiger partial charge in [0.25, 0.3) is 0 Å². The molecule has 7 heteroatoms. The predicted molar refractivity (Wildman–Crippen MR) is 103 cm³/mol. The van der Waals surface area contributed by atoms with Gasteiger partial charge in [-0.3, -0.25) is 0 Å². The predicted octanol–water partition coefficient (Wildman–Crippen LogP) is 2.10. The monoisotopic (exact) mass is 360 g/mol. The highest BCUT2D eigenvalue weighted by Crippen LogP contribution is 2.21. The Morgan fingerprint density at radius 2 is 1.54 bits per heavy atom. The molecule has 1 heterocycles. The van der Waals surface area contributed by atoms with Crippen LogP contribution in [0.5, 0.6) is 5.75 Å². The van der Waals surface area contributed by atoms with Gasteiger partial charge in [-0.2, -0.15) is 0 Å². The smallest absolute Gasteiger partial charge is 0.138 e. The van der Waals surface area contributed by atoms with E-state index in [0.29, 0.717) is 6.61 Å². The Kier molecular flexibility index (Phi) is 9.67. The maximum absolute atomic E-state index is 6.01. The minimum Gasteiger partial charge on any atom is -0.494 e. The minimum absolute atomic E-state index is 0.705. The Morgan fingerprint density at radius 3 is 2.12 bits per heavy atom. The van der Waals surface area contributed by atoms with E-state index in [-0.39, 0.29) is 0 Å². The molecule has 0 radical (unpaired) electrons. The lowest BCUT2D eigenvalue weighted by Gasteiger charge is -2.12. The molecule has 2 rings (SSSR count). The van der Waals surface area contributed by atoms with Gasteiger partial charge in [0.2, 0.25) is 0 Å². The van der Waals surface area contributed by atoms with Crippen molar-refractivity contribution in [3.63, 3.8) is 0 Å². The highest BCUT2D eigenvalue weighted by Gasteiger charge is 2.04. The summed E-state index contributed by atoms with van der Waals surface area (Å²) >= 11 is 0. The first-order valence-electron chi connectivity index (χ1n) is 9.68. The van der Waals surface area contributed by atoms with Crippen molar-refractivity contribution in [1.29, 1.82) is 0 Å². The summed E-state index contributed by atoms with van der Waals surface area (Å²) in [6, 6.07) is 6.65. The molecule has 7 nitrogen and oxygen atoms in total. The van der Waals surface area contributed by atoms with Crippen LogP contribution < -0.4 is 16.2 Å². The largest absolute Gasteiger partial charge is 0.494 e. The van der Waals surface area contributed by atoms with Crippen molar-refractivity contribution in [3.8, 4) is 5.75 Å². The van der Waals surface area contributed by atoms with E-state index in [1.54, 1.807) is 11.0 Å². The van der Waals surface area contributed by atoms with E-state index in [1.165, 1.54) is 11.1 Å². The van der Waals surface area contributed by atoms with Gasteiger partial charge in [0.15, 0.2) is 0 Å². The van der Waals surface area contributed by atoms with Gasteiger partial charge in [-0.15, -0.1) is 5.10 Å². The van der Waals surface area contributed by atoms with Crippen LogP contribution >= 0.6 is 0 Å². The molecular formula is C19H32N6O. The SMILES string of the molecule is NCCCCc1cc(CCCCN)cc(OCCCCn2cnnn2)c1. The van der Waals surface area contributed by atoms with Crippen molar-refractivity contribution in [3.05, 3.63) is 35.7 Å². The zero-order chi connectivity index (χ0) is 18.5. The highest BCUT2D eigenvalue weighted by molar-refractivity contribution is 5.34. The van der Waals surface area contributed by atoms with E-state index >= 15 is 0 Å². The van der Waals surface area contributed by atoms with Crippen molar-refractivity contribution in [2.75, 3.05) is 19.7 Å². The summed E-state index contributed by atoms with van der Waals surface area (Å²) < 4.78 is 7.75. The average Bonchev–Trinajstić information content (AvgIpc) is 3.15. The van der Waals surface area contributed by atoms with Gasteiger partial charge in [0.1, 0.15) is 12.1 Å². The lowest BCUT2D eigenvalue weighted by atomic mass is 10.0. The molecule has 0 saturated carbocycles. The topological polar surface area (TPSA) is 105 Å². The number of unbranched alkanes of at least 4 members (excludes halogenated alkanes) is 3. The summed E-state index contributed by atoms with van der Waals surface area (Å²) in [7, 11) is 0. The zero-order valence-corrected chi connectivity index (χ0v) is 15.6. The highest BCUT2D eigenvalue weighted by atomic mass is 16.5. The number of benzene rings is 1. The van der Waals surface area contributed by atoms with Crippen LogP contribution in [0.15, 0.2) is 24.5 Å². The van der Waals surface area contributed by atoms with Gasteiger partial charge in [-0.1, -0.05) is 6.07 Å². The molecule has 0 amide bonds. The molecule has 0 saturated heterocycles. The molecule has 2 aromatic rings. The third-order valence-corrected chi connectivity index (χ3v) is 4.31. The van der Waals surface area contributed by atoms with Crippen molar-refractivity contribution >= 4 is 0 Å². The molecule has 144 valence electrons. The van der Waals surface area contributed by atoms with Crippen LogP contribution in [0.4, 0.5) is 0 Å². The quantitative estimate of drug-likeness (QED) is 0.500. The maximum atomic E-state index is 6.01. The number of tetrazole rings is 1. The number of hydrogen-bond donors (Lipinski definition) is 2. The minimum atomic E-state index is 0.705. The first-order valence-corrected chi connectivity index (χ1v) is 9.68. The molecule has 0 aliphatic heterocycles. The van der Waals surface area contributed by atoms with Crippen LogP contribution in [-0.4, -0.2) is 39.9 Å². The van der Waals surface area contributed by atoms with Crippen LogP contribution in [0, 0.1) is 0 Å². The van der Waals surface area contributed by atoms with Crippen LogP contribution in [-0.2, 0) is 19.4 Å². The first-order chi connectivity index (χ1) is 12.8. The number of hydrogen-bond acceptors (Lipinski definition) is 6. The van der Waals surface area contributed by atoms with Gasteiger partial charge in [-0.05, 0) is 98.1 Å². The standard InChI is InChI=1S/C19H32N6O/c20-9-3-1-7-17-13-18(8-2-4-10-21)15-19(14-17)26-12-6-5-11-25-16-22-23-24-25/h13-16H,1-12,20-21H2. The van der Waals surface area contributed by atoms with E-state index in [4.69, 9.17) is 16.2 Å². The fourth-order valence-electron chi connectivity index (χ4n) is 2.90. The lowest BCUT2D eigenvalue weighted by molar-refractivity contribution is 0.301. The van der Waals surface area contributed by atoms with E-state index in [0.717, 1.165) is 76.8 Å². The molecule has 0 spiro atoms. The van der Waals surface area contributed by atoms with Crippen molar-refractivity contribution in [2.24, 2.45) is 11.5 Å². The Hall–Kier alpha value is -1.99. The Balaban J connectivity index is 1.82. The van der Waals surface area contributed by atoms with Crippen LogP contribution in [0.25, 0.3) is 0 Å². The lowest BCUT2D eigenvalue weighted by Crippen LogP contribution is -2.04. The molecule has 0 bridgehead atoms. The Bertz CT molecular complexity index is 574. The molecule has 1 aromatic heterocycles. The van der Waals surface area contributed by atoms with Gasteiger partial charge in [-0.25, -0.2) is 4.68 Å². The van der Waals surface area contributed by atoms with Crippen molar-refractivity contribution < 1.29 is 4.74 Å². The van der Waals surface area contributed by atoms with Gasteiger partial charge < -0.3 is 16.2 Å². The van der Waals surface area contributed by atoms with Crippen LogP contribution in [0.2, 0.25) is 0 Å². The van der Waals surface area contributed by atoms with E-state index in [1.807, 2.05) is 0 Å². The normalized spacial score (nSPS) is 11.0. The molecule has 1 aromatic carbocycles. The maximum Gasteiger partial charge on any atom is 0.138 e. The summed E-state index contributed by atoms with van der Waals surface area (Å²) in [5, 5.41) is 11.1. The number of nitrogens with two attached hydrogens (primary N) is 2. The van der Waals surface area contributed by atoms with E-state index in [2.05, 4.69) is 33.7 Å². The number of rotatable bonds is 14. The molecular weight excluding hydrogens is 328 g/mol. The summed E-state index contributed by atoms with van der Waals surface area (Å²) in [6.07, 6.45) is 10.1. The van der Waals surface area contributed by atoms with Crippen LogP contribution in [0.3, 0.4) is 0 Å². The third kappa shape index (κ3) is 7.93. The van der Waals surface area contributed by atoms with Gasteiger partial charge >= 0.3 is 0 Å². The van der Waals surface area contributed by atoms with Crippen molar-refractivity contribution in [2.45, 2.75) is 57.9 Å². The van der Waals surface area contributed by atoms with E-state index in [9.17, 15) is 0 Å². The third-order valence-electron chi connectivity index (χ3n) is 4.31. The molecule has 26 heavy (non-hydrogen) atoms. The molecule has 0 atom stereocenters. The molecule has 0 unspecified atom stereocenters. The summed E-state index contributed by atoms with van der Waals surface area (Å²) in [4.78, 5) is 0. The number of ether oxygens (including phenoxy) is 1. The van der Waals surface area contributed by atoms with Gasteiger partial charge in [0, 0.05) is 6.54 Å². The molecule has 0 aliphatic carbocycles. The summed E-state index contributed by atoms with van der Waals surface area (Å²) in [5.41, 5.74) is 13.9. The number of aromatic nitrogens is 4. The van der Waals surface area contributed by atoms with Crippen LogP contribution in [0.1, 0.15) is 49.7 Å². The second-order valence-electron chi connectivity index (χ2n) is 6.61. The molecule has 0 aliphatic rings. The Morgan fingerprint density at radius 1 is 0.846 bits per heavy atom. The van der Waals surface area contributed by atoms with Gasteiger partial charge in [0.05, 0.1) is 6.61 Å². The summed E-state index contributed by atoms with van der Waals surface area (Å²) in [6.45, 7) is 3.03. The van der Waals surface area contributed by atoms with E-state index < -0.39 is 0 Å². The fourth-order valence-corrected chi connectivity index (χ4v) is 2.90. The summed E-state index contributed by atoms with van der Waals surface area (Å²) in [5.74, 6) is 0.973. The fraction of sp³-hybridized carbons (Fsp3) is 0.632. The number of aryl methyl sites for hydroxylation is 3. The average molecular weight is 361 g/mol. The number of nitrogens with zero attached hydrogens (tertiary/aromatic N) is 4. The molecule has 4 N–H and O–H groups in total. The first kappa shape index (κ1) is 20.3.